The first-order valence-electron chi connectivity index (χ1n) is 8.55. The number of nitrogens with zero attached hydrogens (tertiary/aromatic N) is 1. The van der Waals surface area contributed by atoms with Crippen LogP contribution in [-0.2, 0) is 4.79 Å². The van der Waals surface area contributed by atoms with Crippen molar-refractivity contribution in [2.24, 2.45) is 0 Å². The summed E-state index contributed by atoms with van der Waals surface area (Å²) in [7, 11) is 1.63. The predicted molar refractivity (Wildman–Crippen MR) is 106 cm³/mol. The lowest BCUT2D eigenvalue weighted by Gasteiger charge is -2.20. The van der Waals surface area contributed by atoms with Crippen molar-refractivity contribution in [1.82, 2.24) is 0 Å². The molecule has 3 nitrogen and oxygen atoms in total. The third kappa shape index (κ3) is 5.64. The Labute approximate surface area is 150 Å². The predicted octanol–water partition coefficient (Wildman–Crippen LogP) is 4.84. The Morgan fingerprint density at radius 3 is 1.80 bits per heavy atom. The van der Waals surface area contributed by atoms with Crippen molar-refractivity contribution in [3.63, 3.8) is 0 Å². The highest BCUT2D eigenvalue weighted by molar-refractivity contribution is 6.04. The molecule has 3 heteroatoms. The molecular formula is C22H25NO2. The average Bonchev–Trinajstić information content (AvgIpc) is 2.67. The van der Waals surface area contributed by atoms with Crippen LogP contribution in [-0.4, -0.2) is 26.0 Å². The maximum absolute atomic E-state index is 12.0. The first-order valence-corrected chi connectivity index (χ1v) is 8.55. The first kappa shape index (κ1) is 18.5. The number of methoxy groups -OCH3 is 1. The Morgan fingerprint density at radius 1 is 0.880 bits per heavy atom. The average molecular weight is 335 g/mol. The van der Waals surface area contributed by atoms with Crippen LogP contribution in [0.15, 0.2) is 60.7 Å². The van der Waals surface area contributed by atoms with E-state index >= 15 is 0 Å². The van der Waals surface area contributed by atoms with Crippen LogP contribution in [0.5, 0.6) is 5.75 Å². The fourth-order valence-electron chi connectivity index (χ4n) is 2.51. The van der Waals surface area contributed by atoms with Gasteiger partial charge in [0.2, 0.25) is 0 Å². The zero-order valence-electron chi connectivity index (χ0n) is 15.1. The number of hydrogen-bond donors (Lipinski definition) is 0. The van der Waals surface area contributed by atoms with Crippen LogP contribution in [0, 0.1) is 0 Å². The highest BCUT2D eigenvalue weighted by Crippen LogP contribution is 2.16. The van der Waals surface area contributed by atoms with Crippen LogP contribution in [0.3, 0.4) is 0 Å². The zero-order chi connectivity index (χ0) is 18.1. The minimum atomic E-state index is -0.0383. The second-order valence-corrected chi connectivity index (χ2v) is 5.61. The maximum atomic E-state index is 12.0. The van der Waals surface area contributed by atoms with Gasteiger partial charge < -0.3 is 9.64 Å². The van der Waals surface area contributed by atoms with Crippen LogP contribution < -0.4 is 9.64 Å². The topological polar surface area (TPSA) is 29.5 Å². The normalized spacial score (nSPS) is 11.2. The molecule has 0 saturated carbocycles. The van der Waals surface area contributed by atoms with Crippen LogP contribution in [0.4, 0.5) is 5.69 Å². The van der Waals surface area contributed by atoms with Gasteiger partial charge in [-0.05, 0) is 61.4 Å². The molecule has 0 aliphatic rings. The number of hydrogen-bond acceptors (Lipinski definition) is 3. The molecule has 0 radical (unpaired) electrons. The third-order valence-electron chi connectivity index (χ3n) is 4.02. The van der Waals surface area contributed by atoms with Gasteiger partial charge in [-0.2, -0.15) is 0 Å². The summed E-state index contributed by atoms with van der Waals surface area (Å²) in [6, 6.07) is 15.8. The summed E-state index contributed by atoms with van der Waals surface area (Å²) in [4.78, 5) is 14.3. The summed E-state index contributed by atoms with van der Waals surface area (Å²) >= 11 is 0. The lowest BCUT2D eigenvalue weighted by Crippen LogP contribution is -2.21. The number of allylic oxidation sites excluding steroid dienone is 2. The summed E-state index contributed by atoms with van der Waals surface area (Å²) in [5.41, 5.74) is 3.18. The number of carbonyl (C=O) groups excluding carboxylic acids is 1. The van der Waals surface area contributed by atoms with Crippen molar-refractivity contribution >= 4 is 23.6 Å². The molecule has 0 bridgehead atoms. The molecule has 0 N–H and O–H groups in total. The van der Waals surface area contributed by atoms with Crippen LogP contribution in [0.1, 0.15) is 25.0 Å². The minimum Gasteiger partial charge on any atom is -0.497 e. The molecule has 0 atom stereocenters. The molecule has 0 heterocycles. The maximum Gasteiger partial charge on any atom is 0.178 e. The lowest BCUT2D eigenvalue weighted by atomic mass is 10.1. The van der Waals surface area contributed by atoms with Crippen molar-refractivity contribution in [3.8, 4) is 5.75 Å². The van der Waals surface area contributed by atoms with Crippen LogP contribution in [0.25, 0.3) is 12.2 Å². The number of anilines is 1. The van der Waals surface area contributed by atoms with Gasteiger partial charge in [0.05, 0.1) is 7.11 Å². The molecule has 0 unspecified atom stereocenters. The highest BCUT2D eigenvalue weighted by Gasteiger charge is 2.00. The summed E-state index contributed by atoms with van der Waals surface area (Å²) in [5.74, 6) is 0.764. The van der Waals surface area contributed by atoms with E-state index in [2.05, 4.69) is 30.9 Å². The van der Waals surface area contributed by atoms with Gasteiger partial charge in [0.1, 0.15) is 5.75 Å². The van der Waals surface area contributed by atoms with E-state index in [1.165, 1.54) is 5.69 Å². The van der Waals surface area contributed by atoms with Crippen LogP contribution >= 0.6 is 0 Å². The fourth-order valence-corrected chi connectivity index (χ4v) is 2.51. The van der Waals surface area contributed by atoms with E-state index in [4.69, 9.17) is 4.74 Å². The molecule has 0 aromatic heterocycles. The summed E-state index contributed by atoms with van der Waals surface area (Å²) < 4.78 is 5.11. The molecule has 0 aliphatic carbocycles. The van der Waals surface area contributed by atoms with E-state index in [0.29, 0.717) is 0 Å². The second kappa shape index (κ2) is 9.48. The van der Waals surface area contributed by atoms with Gasteiger partial charge in [0, 0.05) is 18.8 Å². The second-order valence-electron chi connectivity index (χ2n) is 5.61. The monoisotopic (exact) mass is 335 g/mol. The van der Waals surface area contributed by atoms with Crippen molar-refractivity contribution in [2.75, 3.05) is 25.1 Å². The molecule has 0 saturated heterocycles. The molecule has 25 heavy (non-hydrogen) atoms. The summed E-state index contributed by atoms with van der Waals surface area (Å²) in [6.07, 6.45) is 6.80. The lowest BCUT2D eigenvalue weighted by molar-refractivity contribution is -0.110. The molecule has 0 aliphatic heterocycles. The molecule has 0 amide bonds. The van der Waals surface area contributed by atoms with Gasteiger partial charge in [-0.3, -0.25) is 4.79 Å². The standard InChI is InChI=1S/C22H25NO2/c1-4-23(5-2)20-12-6-18(7-13-20)8-14-21(24)15-9-19-10-16-22(25-3)17-11-19/h6-17H,4-5H2,1-3H3/b14-8+,15-9+. The number of carbonyl (C=O) groups is 1. The SMILES string of the molecule is CCN(CC)c1ccc(/C=C/C(=O)/C=C/c2ccc(OC)cc2)cc1. The number of rotatable bonds is 8. The van der Waals surface area contributed by atoms with E-state index < -0.39 is 0 Å². The quantitative estimate of drug-likeness (QED) is 0.647. The summed E-state index contributed by atoms with van der Waals surface area (Å²) in [5, 5.41) is 0. The number of benzene rings is 2. The van der Waals surface area contributed by atoms with Gasteiger partial charge in [-0.25, -0.2) is 0 Å². The first-order chi connectivity index (χ1) is 12.2. The molecule has 0 fully saturated rings. The van der Waals surface area contributed by atoms with Gasteiger partial charge in [-0.1, -0.05) is 36.4 Å². The van der Waals surface area contributed by atoms with Crippen molar-refractivity contribution in [1.29, 1.82) is 0 Å². The van der Waals surface area contributed by atoms with Gasteiger partial charge in [0.25, 0.3) is 0 Å². The smallest absolute Gasteiger partial charge is 0.178 e. The van der Waals surface area contributed by atoms with E-state index in [-0.39, 0.29) is 5.78 Å². The largest absolute Gasteiger partial charge is 0.497 e. The van der Waals surface area contributed by atoms with Crippen LogP contribution in [0.2, 0.25) is 0 Å². The molecule has 0 spiro atoms. The number of ketones is 1. The third-order valence-corrected chi connectivity index (χ3v) is 4.02. The summed E-state index contributed by atoms with van der Waals surface area (Å²) in [6.45, 7) is 6.26. The Morgan fingerprint density at radius 2 is 1.36 bits per heavy atom. The highest BCUT2D eigenvalue weighted by atomic mass is 16.5. The van der Waals surface area contributed by atoms with Crippen molar-refractivity contribution in [3.05, 3.63) is 71.8 Å². The Bertz CT molecular complexity index is 724. The van der Waals surface area contributed by atoms with Crippen molar-refractivity contribution in [2.45, 2.75) is 13.8 Å². The fraction of sp³-hybridized carbons (Fsp3) is 0.227. The molecule has 130 valence electrons. The van der Waals surface area contributed by atoms with Gasteiger partial charge >= 0.3 is 0 Å². The molecule has 2 aromatic rings. The molecule has 2 aromatic carbocycles. The van der Waals surface area contributed by atoms with E-state index in [1.807, 2.05) is 42.5 Å². The van der Waals surface area contributed by atoms with Gasteiger partial charge in [-0.15, -0.1) is 0 Å². The Balaban J connectivity index is 1.96. The van der Waals surface area contributed by atoms with Gasteiger partial charge in [0.15, 0.2) is 5.78 Å². The van der Waals surface area contributed by atoms with E-state index in [1.54, 1.807) is 25.3 Å². The minimum absolute atomic E-state index is 0.0383. The zero-order valence-corrected chi connectivity index (χ0v) is 15.1. The molecular weight excluding hydrogens is 310 g/mol. The Hall–Kier alpha value is -2.81. The number of ether oxygens (including phenoxy) is 1. The van der Waals surface area contributed by atoms with Crippen molar-refractivity contribution < 1.29 is 9.53 Å². The van der Waals surface area contributed by atoms with E-state index in [0.717, 1.165) is 30.0 Å². The Kier molecular flexibility index (Phi) is 7.02. The van der Waals surface area contributed by atoms with E-state index in [9.17, 15) is 4.79 Å². The molecule has 2 rings (SSSR count).